The summed E-state index contributed by atoms with van der Waals surface area (Å²) in [5, 5.41) is 2.21. The SMILES string of the molecule is C=C(C)C(F)(F)C(C)NC(=O)c1ccc(C#Cc2cccc(F)c2)cn1. The number of alkyl halides is 2. The standard InChI is InChI=1S/C20H17F3N2O/c1-13(2)20(22,23)14(3)25-19(26)18-10-9-16(12-24-18)8-7-15-5-4-6-17(21)11-15/h4-6,9-12,14H,1H2,2-3H3,(H,25,26). The van der Waals surface area contributed by atoms with E-state index in [1.165, 1.54) is 44.3 Å². The Morgan fingerprint density at radius 2 is 1.92 bits per heavy atom. The molecule has 2 aromatic rings. The molecule has 134 valence electrons. The Kier molecular flexibility index (Phi) is 5.83. The minimum absolute atomic E-state index is 0.00864. The molecular formula is C20H17F3N2O. The summed E-state index contributed by atoms with van der Waals surface area (Å²) < 4.78 is 40.7. The van der Waals surface area contributed by atoms with Gasteiger partial charge in [-0.2, -0.15) is 8.78 Å². The highest BCUT2D eigenvalue weighted by Gasteiger charge is 2.38. The second-order valence-electron chi connectivity index (χ2n) is 5.79. The zero-order valence-corrected chi connectivity index (χ0v) is 14.3. The zero-order chi connectivity index (χ0) is 19.3. The van der Waals surface area contributed by atoms with Crippen LogP contribution in [0.1, 0.15) is 35.5 Å². The van der Waals surface area contributed by atoms with Gasteiger partial charge in [-0.25, -0.2) is 9.37 Å². The topological polar surface area (TPSA) is 42.0 Å². The molecule has 0 aliphatic carbocycles. The number of amides is 1. The maximum Gasteiger partial charge on any atom is 0.288 e. The second-order valence-corrected chi connectivity index (χ2v) is 5.79. The lowest BCUT2D eigenvalue weighted by Gasteiger charge is -2.24. The van der Waals surface area contributed by atoms with Gasteiger partial charge in [0.15, 0.2) is 0 Å². The number of halogens is 3. The molecule has 3 nitrogen and oxygen atoms in total. The molecule has 1 aromatic carbocycles. The number of rotatable bonds is 4. The average molecular weight is 358 g/mol. The summed E-state index contributed by atoms with van der Waals surface area (Å²) in [5.41, 5.74) is 0.667. The summed E-state index contributed by atoms with van der Waals surface area (Å²) in [6.45, 7) is 5.64. The lowest BCUT2D eigenvalue weighted by atomic mass is 10.1. The molecule has 0 aliphatic rings. The van der Waals surface area contributed by atoms with E-state index in [1.807, 2.05) is 0 Å². The minimum Gasteiger partial charge on any atom is -0.342 e. The third-order valence-electron chi connectivity index (χ3n) is 3.63. The van der Waals surface area contributed by atoms with Crippen molar-refractivity contribution in [2.75, 3.05) is 0 Å². The Bertz CT molecular complexity index is 880. The first-order chi connectivity index (χ1) is 12.2. The van der Waals surface area contributed by atoms with Gasteiger partial charge < -0.3 is 5.32 Å². The number of hydrogen-bond donors (Lipinski definition) is 1. The van der Waals surface area contributed by atoms with E-state index in [4.69, 9.17) is 0 Å². The van der Waals surface area contributed by atoms with Crippen LogP contribution in [0.4, 0.5) is 13.2 Å². The van der Waals surface area contributed by atoms with Crippen LogP contribution in [-0.4, -0.2) is 22.9 Å². The largest absolute Gasteiger partial charge is 0.342 e. The van der Waals surface area contributed by atoms with Crippen LogP contribution in [-0.2, 0) is 0 Å². The Labute approximate surface area is 150 Å². The molecule has 0 aliphatic heterocycles. The first-order valence-corrected chi connectivity index (χ1v) is 7.78. The number of carbonyl (C=O) groups is 1. The summed E-state index contributed by atoms with van der Waals surface area (Å²) in [4.78, 5) is 16.0. The molecule has 1 atom stereocenters. The molecule has 0 fully saturated rings. The molecule has 26 heavy (non-hydrogen) atoms. The summed E-state index contributed by atoms with van der Waals surface area (Å²) >= 11 is 0. The molecule has 0 saturated heterocycles. The first kappa shape index (κ1) is 19.3. The van der Waals surface area contributed by atoms with Crippen molar-refractivity contribution in [3.63, 3.8) is 0 Å². The predicted octanol–water partition coefficient (Wildman–Crippen LogP) is 3.95. The van der Waals surface area contributed by atoms with Gasteiger partial charge in [-0.15, -0.1) is 0 Å². The van der Waals surface area contributed by atoms with Crippen molar-refractivity contribution >= 4 is 5.91 Å². The van der Waals surface area contributed by atoms with Crippen LogP contribution in [0.25, 0.3) is 0 Å². The Hall–Kier alpha value is -3.07. The highest BCUT2D eigenvalue weighted by atomic mass is 19.3. The molecule has 0 bridgehead atoms. The van der Waals surface area contributed by atoms with Crippen molar-refractivity contribution in [1.82, 2.24) is 10.3 Å². The molecule has 1 N–H and O–H groups in total. The van der Waals surface area contributed by atoms with Gasteiger partial charge in [0.2, 0.25) is 0 Å². The molecule has 1 aromatic heterocycles. The van der Waals surface area contributed by atoms with Gasteiger partial charge in [-0.1, -0.05) is 24.5 Å². The molecule has 0 spiro atoms. The molecule has 1 unspecified atom stereocenters. The quantitative estimate of drug-likeness (QED) is 0.664. The Balaban J connectivity index is 2.08. The lowest BCUT2D eigenvalue weighted by Crippen LogP contribution is -2.46. The average Bonchev–Trinajstić information content (AvgIpc) is 2.60. The van der Waals surface area contributed by atoms with Crippen LogP contribution in [0.15, 0.2) is 54.7 Å². The summed E-state index contributed by atoms with van der Waals surface area (Å²) in [7, 11) is 0. The van der Waals surface area contributed by atoms with Crippen molar-refractivity contribution in [2.45, 2.75) is 25.8 Å². The van der Waals surface area contributed by atoms with Crippen LogP contribution in [0, 0.1) is 17.7 Å². The van der Waals surface area contributed by atoms with Crippen molar-refractivity contribution in [1.29, 1.82) is 0 Å². The van der Waals surface area contributed by atoms with Crippen LogP contribution >= 0.6 is 0 Å². The van der Waals surface area contributed by atoms with E-state index in [-0.39, 0.29) is 17.1 Å². The minimum atomic E-state index is -3.22. The van der Waals surface area contributed by atoms with E-state index in [9.17, 15) is 18.0 Å². The number of benzene rings is 1. The monoisotopic (exact) mass is 358 g/mol. The third kappa shape index (κ3) is 4.73. The van der Waals surface area contributed by atoms with Gasteiger partial charge >= 0.3 is 0 Å². The summed E-state index contributed by atoms with van der Waals surface area (Å²) in [6.07, 6.45) is 1.35. The Morgan fingerprint density at radius 1 is 1.23 bits per heavy atom. The van der Waals surface area contributed by atoms with E-state index in [0.717, 1.165) is 0 Å². The summed E-state index contributed by atoms with van der Waals surface area (Å²) in [6, 6.07) is 7.33. The zero-order valence-electron chi connectivity index (χ0n) is 14.3. The van der Waals surface area contributed by atoms with Gasteiger partial charge in [0.25, 0.3) is 11.8 Å². The van der Waals surface area contributed by atoms with Crippen molar-refractivity contribution in [2.24, 2.45) is 0 Å². The van der Waals surface area contributed by atoms with Crippen molar-refractivity contribution in [3.05, 3.63) is 77.4 Å². The van der Waals surface area contributed by atoms with Crippen molar-refractivity contribution < 1.29 is 18.0 Å². The van der Waals surface area contributed by atoms with Gasteiger partial charge in [0.1, 0.15) is 11.5 Å². The number of aromatic nitrogens is 1. The summed E-state index contributed by atoms with van der Waals surface area (Å²) in [5.74, 6) is 1.25. The van der Waals surface area contributed by atoms with Gasteiger partial charge in [0, 0.05) is 17.3 Å². The fourth-order valence-electron chi connectivity index (χ4n) is 2.04. The predicted molar refractivity (Wildman–Crippen MR) is 93.3 cm³/mol. The van der Waals surface area contributed by atoms with Crippen LogP contribution in [0.3, 0.4) is 0 Å². The smallest absolute Gasteiger partial charge is 0.288 e. The van der Waals surface area contributed by atoms with Crippen LogP contribution in [0.2, 0.25) is 0 Å². The lowest BCUT2D eigenvalue weighted by molar-refractivity contribution is 0.00730. The van der Waals surface area contributed by atoms with E-state index in [2.05, 4.69) is 28.7 Å². The first-order valence-electron chi connectivity index (χ1n) is 7.78. The maximum atomic E-state index is 13.8. The number of hydrogen-bond acceptors (Lipinski definition) is 2. The van der Waals surface area contributed by atoms with Gasteiger partial charge in [0.05, 0.1) is 6.04 Å². The van der Waals surface area contributed by atoms with Gasteiger partial charge in [-0.05, 0) is 49.8 Å². The maximum absolute atomic E-state index is 13.8. The van der Waals surface area contributed by atoms with Gasteiger partial charge in [-0.3, -0.25) is 4.79 Å². The number of nitrogens with one attached hydrogen (secondary N) is 1. The van der Waals surface area contributed by atoms with E-state index in [1.54, 1.807) is 12.1 Å². The molecule has 6 heteroatoms. The molecule has 0 saturated carbocycles. The number of carbonyl (C=O) groups excluding carboxylic acids is 1. The number of pyridine rings is 1. The molecule has 1 amide bonds. The fourth-order valence-corrected chi connectivity index (χ4v) is 2.04. The highest BCUT2D eigenvalue weighted by Crippen LogP contribution is 2.26. The highest BCUT2D eigenvalue weighted by molar-refractivity contribution is 5.92. The normalized spacial score (nSPS) is 11.9. The van der Waals surface area contributed by atoms with E-state index in [0.29, 0.717) is 11.1 Å². The van der Waals surface area contributed by atoms with Crippen LogP contribution in [0.5, 0.6) is 0 Å². The third-order valence-corrected chi connectivity index (χ3v) is 3.63. The van der Waals surface area contributed by atoms with E-state index < -0.39 is 17.9 Å². The second kappa shape index (κ2) is 7.87. The number of nitrogens with zero attached hydrogens (tertiary/aromatic N) is 1. The van der Waals surface area contributed by atoms with Crippen LogP contribution < -0.4 is 5.32 Å². The fraction of sp³-hybridized carbons (Fsp3) is 0.200. The molecule has 0 radical (unpaired) electrons. The molecule has 2 rings (SSSR count). The Morgan fingerprint density at radius 3 is 2.50 bits per heavy atom. The van der Waals surface area contributed by atoms with E-state index >= 15 is 0 Å². The van der Waals surface area contributed by atoms with Crippen molar-refractivity contribution in [3.8, 4) is 11.8 Å². The molecule has 1 heterocycles. The molecular weight excluding hydrogens is 341 g/mol.